The summed E-state index contributed by atoms with van der Waals surface area (Å²) in [5.41, 5.74) is 0. The van der Waals surface area contributed by atoms with Crippen LogP contribution in [0.4, 0.5) is 0 Å². The molecule has 0 nitrogen and oxygen atoms in total. The molecule has 44 valence electrons. The summed E-state index contributed by atoms with van der Waals surface area (Å²) in [7, 11) is 0. The topological polar surface area (TPSA) is 0 Å². The highest BCUT2D eigenvalue weighted by Gasteiger charge is 2.36. The normalized spacial score (nSPS) is 44.9. The van der Waals surface area contributed by atoms with Crippen LogP contribution in [0.5, 0.6) is 0 Å². The summed E-state index contributed by atoms with van der Waals surface area (Å²) in [6, 6.07) is 0. The van der Waals surface area contributed by atoms with Crippen LogP contribution in [0, 0.1) is 18.3 Å². The average molecular weight is 149 g/mol. The first-order valence-corrected chi connectivity index (χ1v) is 3.37. The van der Waals surface area contributed by atoms with Gasteiger partial charge in [-0.3, -0.25) is 0 Å². The van der Waals surface area contributed by atoms with Crippen molar-refractivity contribution in [2.75, 3.05) is 0 Å². The first kappa shape index (κ1) is 6.26. The maximum Gasteiger partial charge on any atom is 0.0637 e. The van der Waals surface area contributed by atoms with Crippen LogP contribution in [-0.2, 0) is 0 Å². The predicted molar refractivity (Wildman–Crippen MR) is 36.2 cm³/mol. The lowest BCUT2D eigenvalue weighted by atomic mass is 9.85. The number of rotatable bonds is 0. The van der Waals surface area contributed by atoms with E-state index in [0.29, 0.717) is 0 Å². The Kier molecular flexibility index (Phi) is 1.70. The van der Waals surface area contributed by atoms with Crippen molar-refractivity contribution in [2.24, 2.45) is 5.92 Å². The predicted octanol–water partition coefficient (Wildman–Crippen LogP) is 1.85. The van der Waals surface area contributed by atoms with Crippen molar-refractivity contribution >= 4 is 23.2 Å². The van der Waals surface area contributed by atoms with Gasteiger partial charge in [0.05, 0.1) is 10.8 Å². The summed E-state index contributed by atoms with van der Waals surface area (Å²) in [5.74, 6) is 2.79. The van der Waals surface area contributed by atoms with Gasteiger partial charge in [-0.05, 0) is 6.42 Å². The second-order valence-electron chi connectivity index (χ2n) is 1.97. The van der Waals surface area contributed by atoms with Crippen molar-refractivity contribution < 1.29 is 0 Å². The SMILES string of the molecule is C#C[C@@H]1C[C@H](Cl)[C@H]1Cl. The minimum absolute atomic E-state index is 0.0154. The maximum absolute atomic E-state index is 5.69. The van der Waals surface area contributed by atoms with Gasteiger partial charge in [-0.15, -0.1) is 35.5 Å². The van der Waals surface area contributed by atoms with Crippen LogP contribution in [0.2, 0.25) is 0 Å². The van der Waals surface area contributed by atoms with Crippen LogP contribution in [-0.4, -0.2) is 10.8 Å². The van der Waals surface area contributed by atoms with Gasteiger partial charge >= 0.3 is 0 Å². The van der Waals surface area contributed by atoms with Gasteiger partial charge in [0, 0.05) is 5.92 Å². The minimum atomic E-state index is 0.0154. The highest BCUT2D eigenvalue weighted by atomic mass is 35.5. The molecule has 0 saturated heterocycles. The molecule has 8 heavy (non-hydrogen) atoms. The lowest BCUT2D eigenvalue weighted by molar-refractivity contribution is 0.421. The number of hydrogen-bond acceptors (Lipinski definition) is 0. The smallest absolute Gasteiger partial charge is 0.0637 e. The molecule has 0 radical (unpaired) electrons. The zero-order valence-corrected chi connectivity index (χ0v) is 5.78. The minimum Gasteiger partial charge on any atom is -0.121 e. The van der Waals surface area contributed by atoms with Crippen LogP contribution in [0.25, 0.3) is 0 Å². The van der Waals surface area contributed by atoms with E-state index in [4.69, 9.17) is 29.6 Å². The second kappa shape index (κ2) is 2.17. The Morgan fingerprint density at radius 3 is 2.25 bits per heavy atom. The third-order valence-electron chi connectivity index (χ3n) is 1.42. The summed E-state index contributed by atoms with van der Waals surface area (Å²) in [5, 5.41) is 0.124. The van der Waals surface area contributed by atoms with E-state index in [1.165, 1.54) is 0 Å². The van der Waals surface area contributed by atoms with E-state index >= 15 is 0 Å². The van der Waals surface area contributed by atoms with E-state index in [1.54, 1.807) is 0 Å². The molecule has 1 saturated carbocycles. The molecule has 2 heteroatoms. The van der Waals surface area contributed by atoms with Gasteiger partial charge in [0.15, 0.2) is 0 Å². The zero-order valence-electron chi connectivity index (χ0n) is 4.27. The zero-order chi connectivity index (χ0) is 6.15. The third kappa shape index (κ3) is 0.811. The fraction of sp³-hybridized carbons (Fsp3) is 0.667. The molecule has 3 atom stereocenters. The molecule has 0 amide bonds. The van der Waals surface area contributed by atoms with Crippen LogP contribution >= 0.6 is 23.2 Å². The second-order valence-corrected chi connectivity index (χ2v) is 3.03. The van der Waals surface area contributed by atoms with Crippen molar-refractivity contribution in [1.29, 1.82) is 0 Å². The van der Waals surface area contributed by atoms with E-state index in [1.807, 2.05) is 0 Å². The number of halogens is 2. The average Bonchev–Trinajstić information content (AvgIpc) is 1.81. The molecule has 0 aliphatic heterocycles. The van der Waals surface area contributed by atoms with E-state index in [-0.39, 0.29) is 16.7 Å². The molecule has 0 N–H and O–H groups in total. The Morgan fingerprint density at radius 1 is 1.50 bits per heavy atom. The van der Waals surface area contributed by atoms with Gasteiger partial charge < -0.3 is 0 Å². The quantitative estimate of drug-likeness (QED) is 0.364. The van der Waals surface area contributed by atoms with E-state index in [0.717, 1.165) is 6.42 Å². The molecule has 1 aliphatic carbocycles. The Bertz CT molecular complexity index is 125. The first-order chi connectivity index (χ1) is 3.75. The Morgan fingerprint density at radius 2 is 2.12 bits per heavy atom. The van der Waals surface area contributed by atoms with Crippen molar-refractivity contribution in [3.63, 3.8) is 0 Å². The Balaban J connectivity index is 2.39. The van der Waals surface area contributed by atoms with Gasteiger partial charge in [0.2, 0.25) is 0 Å². The van der Waals surface area contributed by atoms with Gasteiger partial charge in [-0.1, -0.05) is 0 Å². The number of hydrogen-bond donors (Lipinski definition) is 0. The molecular weight excluding hydrogens is 143 g/mol. The Labute approximate surface area is 59.2 Å². The molecule has 1 rings (SSSR count). The van der Waals surface area contributed by atoms with Crippen molar-refractivity contribution in [2.45, 2.75) is 17.2 Å². The summed E-state index contributed by atoms with van der Waals surface area (Å²) >= 11 is 11.3. The molecule has 0 aromatic heterocycles. The number of terminal acetylenes is 1. The summed E-state index contributed by atoms with van der Waals surface area (Å²) in [6.45, 7) is 0. The molecule has 0 unspecified atom stereocenters. The third-order valence-corrected chi connectivity index (χ3v) is 2.61. The lowest BCUT2D eigenvalue weighted by Gasteiger charge is -2.32. The van der Waals surface area contributed by atoms with E-state index in [9.17, 15) is 0 Å². The van der Waals surface area contributed by atoms with Crippen LogP contribution in [0.15, 0.2) is 0 Å². The first-order valence-electron chi connectivity index (χ1n) is 2.50. The van der Waals surface area contributed by atoms with Crippen LogP contribution in [0.3, 0.4) is 0 Å². The van der Waals surface area contributed by atoms with Crippen molar-refractivity contribution in [3.05, 3.63) is 0 Å². The number of alkyl halides is 2. The molecule has 0 aromatic carbocycles. The standard InChI is InChI=1S/C6H6Cl2/c1-2-4-3-5(7)6(4)8/h1,4-6H,3H2/t4-,5+,6+/m1/s1. The Hall–Kier alpha value is 0.140. The van der Waals surface area contributed by atoms with Gasteiger partial charge in [0.1, 0.15) is 0 Å². The van der Waals surface area contributed by atoms with E-state index < -0.39 is 0 Å². The van der Waals surface area contributed by atoms with Gasteiger partial charge in [-0.25, -0.2) is 0 Å². The monoisotopic (exact) mass is 148 g/mol. The molecule has 1 fully saturated rings. The van der Waals surface area contributed by atoms with Crippen molar-refractivity contribution in [3.8, 4) is 12.3 Å². The molecule has 1 aliphatic rings. The van der Waals surface area contributed by atoms with Crippen molar-refractivity contribution in [1.82, 2.24) is 0 Å². The fourth-order valence-electron chi connectivity index (χ4n) is 0.719. The largest absolute Gasteiger partial charge is 0.121 e. The molecule has 0 spiro atoms. The highest BCUT2D eigenvalue weighted by Crippen LogP contribution is 2.36. The van der Waals surface area contributed by atoms with Crippen LogP contribution in [0.1, 0.15) is 6.42 Å². The van der Waals surface area contributed by atoms with Gasteiger partial charge in [-0.2, -0.15) is 0 Å². The maximum atomic E-state index is 5.69. The highest BCUT2D eigenvalue weighted by molar-refractivity contribution is 6.31. The summed E-state index contributed by atoms with van der Waals surface area (Å²) < 4.78 is 0. The fourth-order valence-corrected chi connectivity index (χ4v) is 1.36. The molecule has 0 aromatic rings. The molecule has 0 bridgehead atoms. The molecule has 0 heterocycles. The molecular formula is C6H6Cl2. The van der Waals surface area contributed by atoms with E-state index in [2.05, 4.69) is 5.92 Å². The van der Waals surface area contributed by atoms with Crippen LogP contribution < -0.4 is 0 Å². The summed E-state index contributed by atoms with van der Waals surface area (Å²) in [4.78, 5) is 0. The summed E-state index contributed by atoms with van der Waals surface area (Å²) in [6.07, 6.45) is 5.97. The lowest BCUT2D eigenvalue weighted by Crippen LogP contribution is -2.37. The van der Waals surface area contributed by atoms with Gasteiger partial charge in [0.25, 0.3) is 0 Å².